The van der Waals surface area contributed by atoms with E-state index in [1.54, 1.807) is 35.9 Å². The Kier molecular flexibility index (Phi) is 7.26. The van der Waals surface area contributed by atoms with Crippen LogP contribution in [0.15, 0.2) is 57.2 Å². The SMILES string of the molecule is COc1ccc(CSc2nnc(SCC(=O)c3ccc(N4CCCC4=O)cc3)s2)cc1. The number of ether oxygens (including phenoxy) is 1. The normalized spacial score (nSPS) is 13.6. The second kappa shape index (κ2) is 10.3. The first kappa shape index (κ1) is 21.9. The summed E-state index contributed by atoms with van der Waals surface area (Å²) >= 11 is 4.53. The van der Waals surface area contributed by atoms with E-state index in [1.165, 1.54) is 28.7 Å². The Labute approximate surface area is 193 Å². The number of benzene rings is 2. The minimum absolute atomic E-state index is 0.0342. The van der Waals surface area contributed by atoms with Crippen molar-refractivity contribution in [1.82, 2.24) is 10.2 Å². The van der Waals surface area contributed by atoms with Crippen molar-refractivity contribution >= 4 is 52.2 Å². The second-order valence-electron chi connectivity index (χ2n) is 6.88. The molecule has 1 saturated heterocycles. The van der Waals surface area contributed by atoms with Gasteiger partial charge in [-0.2, -0.15) is 0 Å². The van der Waals surface area contributed by atoms with Crippen molar-refractivity contribution in [3.05, 3.63) is 59.7 Å². The van der Waals surface area contributed by atoms with Crippen LogP contribution in [0.5, 0.6) is 5.75 Å². The average molecular weight is 472 g/mol. The van der Waals surface area contributed by atoms with Crippen LogP contribution in [0.25, 0.3) is 0 Å². The van der Waals surface area contributed by atoms with E-state index in [4.69, 9.17) is 4.74 Å². The molecule has 0 atom stereocenters. The summed E-state index contributed by atoms with van der Waals surface area (Å²) in [5.74, 6) is 2.12. The summed E-state index contributed by atoms with van der Waals surface area (Å²) < 4.78 is 6.84. The van der Waals surface area contributed by atoms with E-state index in [1.807, 2.05) is 36.4 Å². The first-order valence-electron chi connectivity index (χ1n) is 9.78. The van der Waals surface area contributed by atoms with Crippen LogP contribution in [-0.2, 0) is 10.5 Å². The lowest BCUT2D eigenvalue weighted by Gasteiger charge is -2.15. The zero-order valence-electron chi connectivity index (χ0n) is 16.9. The standard InChI is InChI=1S/C22H21N3O3S3/c1-28-18-10-4-15(5-11-18)13-29-21-23-24-22(31-21)30-14-19(26)16-6-8-17(9-7-16)25-12-2-3-20(25)27/h4-11H,2-3,12-14H2,1H3. The molecule has 0 aliphatic carbocycles. The molecule has 9 heteroatoms. The molecule has 1 fully saturated rings. The summed E-state index contributed by atoms with van der Waals surface area (Å²) in [6.07, 6.45) is 1.48. The molecule has 3 aromatic rings. The first-order valence-corrected chi connectivity index (χ1v) is 12.6. The van der Waals surface area contributed by atoms with Crippen molar-refractivity contribution in [2.75, 3.05) is 24.3 Å². The molecule has 0 bridgehead atoms. The Morgan fingerprint density at radius 1 is 1.06 bits per heavy atom. The van der Waals surface area contributed by atoms with Crippen molar-refractivity contribution in [3.63, 3.8) is 0 Å². The van der Waals surface area contributed by atoms with Gasteiger partial charge in [-0.25, -0.2) is 0 Å². The highest BCUT2D eigenvalue weighted by atomic mass is 32.2. The van der Waals surface area contributed by atoms with Crippen LogP contribution in [0, 0.1) is 0 Å². The number of Topliss-reactive ketones (excluding diaryl/α,β-unsaturated/α-hetero) is 1. The number of thioether (sulfide) groups is 2. The predicted molar refractivity (Wildman–Crippen MR) is 126 cm³/mol. The smallest absolute Gasteiger partial charge is 0.227 e. The highest BCUT2D eigenvalue weighted by Gasteiger charge is 2.21. The number of carbonyl (C=O) groups is 2. The van der Waals surface area contributed by atoms with Gasteiger partial charge in [0.2, 0.25) is 5.91 Å². The van der Waals surface area contributed by atoms with Gasteiger partial charge in [0.05, 0.1) is 12.9 Å². The van der Waals surface area contributed by atoms with E-state index in [9.17, 15) is 9.59 Å². The number of rotatable bonds is 9. The van der Waals surface area contributed by atoms with Gasteiger partial charge < -0.3 is 9.64 Å². The Morgan fingerprint density at radius 3 is 2.42 bits per heavy atom. The minimum Gasteiger partial charge on any atom is -0.497 e. The van der Waals surface area contributed by atoms with Crippen LogP contribution in [0.1, 0.15) is 28.8 Å². The second-order valence-corrected chi connectivity index (χ2v) is 10.3. The van der Waals surface area contributed by atoms with Gasteiger partial charge in [-0.05, 0) is 48.4 Å². The molecule has 6 nitrogen and oxygen atoms in total. The molecular weight excluding hydrogens is 450 g/mol. The molecule has 4 rings (SSSR count). The van der Waals surface area contributed by atoms with E-state index < -0.39 is 0 Å². The van der Waals surface area contributed by atoms with E-state index in [-0.39, 0.29) is 11.7 Å². The lowest BCUT2D eigenvalue weighted by atomic mass is 10.1. The highest BCUT2D eigenvalue weighted by Crippen LogP contribution is 2.31. The van der Waals surface area contributed by atoms with Gasteiger partial charge in [-0.1, -0.05) is 47.0 Å². The molecule has 0 unspecified atom stereocenters. The third kappa shape index (κ3) is 5.66. The van der Waals surface area contributed by atoms with Gasteiger partial charge in [-0.15, -0.1) is 10.2 Å². The quantitative estimate of drug-likeness (QED) is 0.323. The zero-order valence-corrected chi connectivity index (χ0v) is 19.4. The lowest BCUT2D eigenvalue weighted by Crippen LogP contribution is -2.23. The molecule has 1 amide bonds. The Balaban J connectivity index is 1.26. The minimum atomic E-state index is 0.0342. The van der Waals surface area contributed by atoms with Crippen LogP contribution in [0.3, 0.4) is 0 Å². The maximum Gasteiger partial charge on any atom is 0.227 e. The molecule has 0 saturated carbocycles. The number of hydrogen-bond donors (Lipinski definition) is 0. The molecule has 0 spiro atoms. The maximum atomic E-state index is 12.5. The molecule has 1 aliphatic rings. The summed E-state index contributed by atoms with van der Waals surface area (Å²) in [6.45, 7) is 0.748. The highest BCUT2D eigenvalue weighted by molar-refractivity contribution is 8.03. The third-order valence-corrected chi connectivity index (χ3v) is 8.07. The summed E-state index contributed by atoms with van der Waals surface area (Å²) in [6, 6.07) is 15.2. The number of nitrogens with zero attached hydrogens (tertiary/aromatic N) is 3. The number of hydrogen-bond acceptors (Lipinski definition) is 8. The Morgan fingerprint density at radius 2 is 1.77 bits per heavy atom. The number of anilines is 1. The van der Waals surface area contributed by atoms with Crippen LogP contribution in [0.4, 0.5) is 5.69 Å². The Hall–Kier alpha value is -2.36. The molecule has 0 radical (unpaired) electrons. The van der Waals surface area contributed by atoms with Crippen molar-refractivity contribution in [2.45, 2.75) is 27.3 Å². The van der Waals surface area contributed by atoms with E-state index in [2.05, 4.69) is 10.2 Å². The molecule has 2 aromatic carbocycles. The number of amides is 1. The molecule has 2 heterocycles. The fraction of sp³-hybridized carbons (Fsp3) is 0.273. The van der Waals surface area contributed by atoms with Gasteiger partial charge in [0.25, 0.3) is 0 Å². The maximum absolute atomic E-state index is 12.5. The topological polar surface area (TPSA) is 72.4 Å². The lowest BCUT2D eigenvalue weighted by molar-refractivity contribution is -0.117. The summed E-state index contributed by atoms with van der Waals surface area (Å²) in [5, 5.41) is 8.41. The molecular formula is C22H21N3O3S3. The molecule has 1 aliphatic heterocycles. The molecule has 160 valence electrons. The fourth-order valence-corrected chi connectivity index (χ4v) is 6.01. The molecule has 31 heavy (non-hydrogen) atoms. The number of aromatic nitrogens is 2. The molecule has 1 aromatic heterocycles. The van der Waals surface area contributed by atoms with Gasteiger partial charge in [0, 0.05) is 30.0 Å². The average Bonchev–Trinajstić information content (AvgIpc) is 3.45. The summed E-state index contributed by atoms with van der Waals surface area (Å²) in [7, 11) is 1.65. The van der Waals surface area contributed by atoms with Gasteiger partial charge >= 0.3 is 0 Å². The van der Waals surface area contributed by atoms with Crippen molar-refractivity contribution in [2.24, 2.45) is 0 Å². The van der Waals surface area contributed by atoms with Gasteiger partial charge in [-0.3, -0.25) is 9.59 Å². The van der Waals surface area contributed by atoms with Crippen LogP contribution >= 0.6 is 34.9 Å². The van der Waals surface area contributed by atoms with Gasteiger partial charge in [0.1, 0.15) is 5.75 Å². The fourth-order valence-electron chi connectivity index (χ4n) is 3.14. The van der Waals surface area contributed by atoms with E-state index >= 15 is 0 Å². The summed E-state index contributed by atoms with van der Waals surface area (Å²) in [4.78, 5) is 26.1. The van der Waals surface area contributed by atoms with Crippen molar-refractivity contribution in [1.29, 1.82) is 0 Å². The molecule has 0 N–H and O–H groups in total. The van der Waals surface area contributed by atoms with Crippen molar-refractivity contribution in [3.8, 4) is 5.75 Å². The van der Waals surface area contributed by atoms with Gasteiger partial charge in [0.15, 0.2) is 14.5 Å². The van der Waals surface area contributed by atoms with Crippen molar-refractivity contribution < 1.29 is 14.3 Å². The number of ketones is 1. The number of methoxy groups -OCH3 is 1. The first-order chi connectivity index (χ1) is 15.1. The van der Waals surface area contributed by atoms with E-state index in [0.717, 1.165) is 38.8 Å². The van der Waals surface area contributed by atoms with Crippen LogP contribution in [-0.4, -0.2) is 41.3 Å². The Bertz CT molecular complexity index is 1050. The third-order valence-electron chi connectivity index (χ3n) is 4.81. The monoisotopic (exact) mass is 471 g/mol. The summed E-state index contributed by atoms with van der Waals surface area (Å²) in [5.41, 5.74) is 2.68. The van der Waals surface area contributed by atoms with Crippen LogP contribution < -0.4 is 9.64 Å². The predicted octanol–water partition coefficient (Wildman–Crippen LogP) is 4.94. The largest absolute Gasteiger partial charge is 0.497 e. The van der Waals surface area contributed by atoms with E-state index in [0.29, 0.717) is 17.7 Å². The van der Waals surface area contributed by atoms with Crippen LogP contribution in [0.2, 0.25) is 0 Å². The zero-order chi connectivity index (χ0) is 21.6. The number of carbonyl (C=O) groups excluding carboxylic acids is 2.